The summed E-state index contributed by atoms with van der Waals surface area (Å²) >= 11 is 0. The van der Waals surface area contributed by atoms with Gasteiger partial charge < -0.3 is 15.1 Å². The highest BCUT2D eigenvalue weighted by molar-refractivity contribution is 14.0. The van der Waals surface area contributed by atoms with Crippen LogP contribution in [0.3, 0.4) is 0 Å². The van der Waals surface area contributed by atoms with Crippen LogP contribution in [0.25, 0.3) is 0 Å². The second-order valence-electron chi connectivity index (χ2n) is 5.56. The fourth-order valence-electron chi connectivity index (χ4n) is 2.07. The Morgan fingerprint density at radius 1 is 1.22 bits per heavy atom. The van der Waals surface area contributed by atoms with E-state index < -0.39 is 0 Å². The summed E-state index contributed by atoms with van der Waals surface area (Å²) in [5.74, 6) is 0.929. The van der Waals surface area contributed by atoms with Crippen LogP contribution >= 0.6 is 24.0 Å². The molecule has 6 heteroatoms. The first-order valence-corrected chi connectivity index (χ1v) is 7.69. The van der Waals surface area contributed by atoms with Crippen LogP contribution in [0.4, 0.5) is 0 Å². The number of halogens is 1. The van der Waals surface area contributed by atoms with Crippen LogP contribution in [0.5, 0.6) is 0 Å². The van der Waals surface area contributed by atoms with Crippen molar-refractivity contribution >= 4 is 35.8 Å². The molecule has 0 fully saturated rings. The molecule has 5 nitrogen and oxygen atoms in total. The topological polar surface area (TPSA) is 47.9 Å². The van der Waals surface area contributed by atoms with Crippen molar-refractivity contribution in [1.82, 2.24) is 15.1 Å². The lowest BCUT2D eigenvalue weighted by molar-refractivity contribution is -0.128. The van der Waals surface area contributed by atoms with Crippen LogP contribution < -0.4 is 5.32 Å². The maximum Gasteiger partial charge on any atom is 0.223 e. The van der Waals surface area contributed by atoms with Crippen LogP contribution in [-0.4, -0.2) is 55.9 Å². The van der Waals surface area contributed by atoms with E-state index in [0.717, 1.165) is 19.0 Å². The monoisotopic (exact) mass is 432 g/mol. The molecule has 23 heavy (non-hydrogen) atoms. The van der Waals surface area contributed by atoms with Gasteiger partial charge in [-0.15, -0.1) is 24.0 Å². The molecule has 0 aliphatic heterocycles. The summed E-state index contributed by atoms with van der Waals surface area (Å²) in [4.78, 5) is 19.8. The summed E-state index contributed by atoms with van der Waals surface area (Å²) in [5.41, 5.74) is 2.55. The number of hydrogen-bond acceptors (Lipinski definition) is 2. The Hall–Kier alpha value is -1.31. The number of benzene rings is 1. The molecule has 0 bridgehead atoms. The fourth-order valence-corrected chi connectivity index (χ4v) is 2.07. The lowest BCUT2D eigenvalue weighted by Gasteiger charge is -2.23. The second-order valence-corrected chi connectivity index (χ2v) is 5.56. The van der Waals surface area contributed by atoms with E-state index in [9.17, 15) is 4.79 Å². The number of amides is 1. The summed E-state index contributed by atoms with van der Waals surface area (Å²) in [5, 5.41) is 3.28. The lowest BCUT2D eigenvalue weighted by Crippen LogP contribution is -2.38. The van der Waals surface area contributed by atoms with E-state index in [1.165, 1.54) is 11.1 Å². The number of rotatable bonds is 6. The smallest absolute Gasteiger partial charge is 0.223 e. The summed E-state index contributed by atoms with van der Waals surface area (Å²) in [6.45, 7) is 6.25. The summed E-state index contributed by atoms with van der Waals surface area (Å²) < 4.78 is 0. The van der Waals surface area contributed by atoms with Crippen molar-refractivity contribution in [2.75, 3.05) is 34.2 Å². The van der Waals surface area contributed by atoms with Crippen LogP contribution in [-0.2, 0) is 11.3 Å². The molecule has 1 N–H and O–H groups in total. The number of nitrogens with zero attached hydrogens (tertiary/aromatic N) is 3. The maximum absolute atomic E-state index is 11.6. The number of carbonyl (C=O) groups is 1. The first kappa shape index (κ1) is 21.7. The van der Waals surface area contributed by atoms with Gasteiger partial charge in [0.2, 0.25) is 5.91 Å². The van der Waals surface area contributed by atoms with Gasteiger partial charge in [0.15, 0.2) is 5.96 Å². The third-order valence-corrected chi connectivity index (χ3v) is 3.45. The minimum absolute atomic E-state index is 0. The number of guanidine groups is 1. The summed E-state index contributed by atoms with van der Waals surface area (Å²) in [7, 11) is 5.55. The Balaban J connectivity index is 0.00000484. The average molecular weight is 432 g/mol. The molecule has 0 aliphatic carbocycles. The molecule has 1 amide bonds. The van der Waals surface area contributed by atoms with Gasteiger partial charge in [0.25, 0.3) is 0 Å². The average Bonchev–Trinajstić information content (AvgIpc) is 2.48. The van der Waals surface area contributed by atoms with Gasteiger partial charge in [-0.3, -0.25) is 9.79 Å². The molecule has 0 spiro atoms. The first-order chi connectivity index (χ1) is 10.5. The molecule has 1 rings (SSSR count). The van der Waals surface area contributed by atoms with Gasteiger partial charge in [0, 0.05) is 40.7 Å². The van der Waals surface area contributed by atoms with Crippen molar-refractivity contribution in [1.29, 1.82) is 0 Å². The predicted molar refractivity (Wildman–Crippen MR) is 107 cm³/mol. The van der Waals surface area contributed by atoms with E-state index in [1.54, 1.807) is 19.0 Å². The van der Waals surface area contributed by atoms with Gasteiger partial charge in [-0.25, -0.2) is 0 Å². The van der Waals surface area contributed by atoms with Gasteiger partial charge >= 0.3 is 0 Å². The number of aryl methyl sites for hydroxylation is 1. The Kier molecular flexibility index (Phi) is 10.6. The molecule has 0 aliphatic rings. The van der Waals surface area contributed by atoms with Crippen molar-refractivity contribution in [3.05, 3.63) is 35.4 Å². The van der Waals surface area contributed by atoms with Gasteiger partial charge in [0.05, 0.1) is 6.54 Å². The molecule has 1 aromatic carbocycles. The van der Waals surface area contributed by atoms with Crippen molar-refractivity contribution in [3.8, 4) is 0 Å². The molecule has 0 radical (unpaired) electrons. The van der Waals surface area contributed by atoms with E-state index in [2.05, 4.69) is 40.3 Å². The van der Waals surface area contributed by atoms with Crippen molar-refractivity contribution < 1.29 is 4.79 Å². The van der Waals surface area contributed by atoms with Crippen LogP contribution in [0, 0.1) is 6.92 Å². The van der Waals surface area contributed by atoms with E-state index in [-0.39, 0.29) is 29.9 Å². The van der Waals surface area contributed by atoms with Gasteiger partial charge in [-0.1, -0.05) is 24.3 Å². The normalized spacial score (nSPS) is 10.7. The Labute approximate surface area is 157 Å². The minimum Gasteiger partial charge on any atom is -0.357 e. The molecule has 0 atom stereocenters. The van der Waals surface area contributed by atoms with Crippen LogP contribution in [0.15, 0.2) is 29.3 Å². The van der Waals surface area contributed by atoms with E-state index in [0.29, 0.717) is 13.0 Å². The minimum atomic E-state index is 0. The highest BCUT2D eigenvalue weighted by atomic mass is 127. The van der Waals surface area contributed by atoms with Crippen molar-refractivity contribution in [2.24, 2.45) is 4.99 Å². The van der Waals surface area contributed by atoms with Crippen molar-refractivity contribution in [2.45, 2.75) is 26.8 Å². The van der Waals surface area contributed by atoms with Gasteiger partial charge in [0.1, 0.15) is 0 Å². The molecular formula is C17H29IN4O. The Morgan fingerprint density at radius 2 is 1.87 bits per heavy atom. The molecule has 130 valence electrons. The standard InChI is InChI=1S/C17H28N4O.HI/c1-6-18-17(19-12-11-16(22)20(3)4)21(5)13-15-10-8-7-9-14(15)2;/h7-10H,6,11-13H2,1-5H3,(H,18,19);1H. The molecular weight excluding hydrogens is 403 g/mol. The molecule has 1 aromatic rings. The number of carbonyl (C=O) groups excluding carboxylic acids is 1. The van der Waals surface area contributed by atoms with E-state index >= 15 is 0 Å². The molecule has 0 heterocycles. The second kappa shape index (κ2) is 11.3. The van der Waals surface area contributed by atoms with Crippen LogP contribution in [0.2, 0.25) is 0 Å². The third kappa shape index (κ3) is 7.67. The van der Waals surface area contributed by atoms with E-state index in [4.69, 9.17) is 0 Å². The third-order valence-electron chi connectivity index (χ3n) is 3.45. The quantitative estimate of drug-likeness (QED) is 0.427. The fraction of sp³-hybridized carbons (Fsp3) is 0.529. The number of nitrogens with one attached hydrogen (secondary N) is 1. The van der Waals surface area contributed by atoms with Crippen LogP contribution in [0.1, 0.15) is 24.5 Å². The number of hydrogen-bond donors (Lipinski definition) is 1. The molecule has 0 unspecified atom stereocenters. The van der Waals surface area contributed by atoms with E-state index in [1.807, 2.05) is 20.0 Å². The zero-order valence-corrected chi connectivity index (χ0v) is 17.1. The summed E-state index contributed by atoms with van der Waals surface area (Å²) in [6.07, 6.45) is 0.431. The van der Waals surface area contributed by atoms with Gasteiger partial charge in [-0.05, 0) is 25.0 Å². The Morgan fingerprint density at radius 3 is 2.43 bits per heavy atom. The largest absolute Gasteiger partial charge is 0.357 e. The maximum atomic E-state index is 11.6. The predicted octanol–water partition coefficient (Wildman–Crippen LogP) is 2.49. The zero-order chi connectivity index (χ0) is 16.5. The summed E-state index contributed by atoms with van der Waals surface area (Å²) in [6, 6.07) is 8.34. The molecule has 0 saturated carbocycles. The highest BCUT2D eigenvalue weighted by Crippen LogP contribution is 2.09. The molecule has 0 saturated heterocycles. The Bertz CT molecular complexity index is 517. The number of aliphatic imine (C=N–C) groups is 1. The molecule has 0 aromatic heterocycles. The lowest BCUT2D eigenvalue weighted by atomic mass is 10.1. The SMILES string of the molecule is CCNC(=NCCC(=O)N(C)C)N(C)Cc1ccccc1C.I. The van der Waals surface area contributed by atoms with Gasteiger partial charge in [-0.2, -0.15) is 0 Å². The highest BCUT2D eigenvalue weighted by Gasteiger charge is 2.09. The van der Waals surface area contributed by atoms with Crippen molar-refractivity contribution in [3.63, 3.8) is 0 Å². The zero-order valence-electron chi connectivity index (χ0n) is 14.8. The first-order valence-electron chi connectivity index (χ1n) is 7.69.